The lowest BCUT2D eigenvalue weighted by Gasteiger charge is -2.15. The van der Waals surface area contributed by atoms with Crippen LogP contribution in [0.2, 0.25) is 0 Å². The molecule has 1 aromatic heterocycles. The number of amides is 1. The monoisotopic (exact) mass is 484 g/mol. The van der Waals surface area contributed by atoms with E-state index < -0.39 is 36.2 Å². The van der Waals surface area contributed by atoms with Gasteiger partial charge in [0.15, 0.2) is 5.82 Å². The van der Waals surface area contributed by atoms with Crippen LogP contribution in [0.1, 0.15) is 22.3 Å². The molecule has 0 saturated carbocycles. The highest BCUT2D eigenvalue weighted by Crippen LogP contribution is 2.32. The molecule has 7 nitrogen and oxygen atoms in total. The van der Waals surface area contributed by atoms with E-state index in [9.17, 15) is 22.8 Å². The van der Waals surface area contributed by atoms with Crippen molar-refractivity contribution in [3.05, 3.63) is 83.2 Å². The number of nitrogens with zero attached hydrogens (tertiary/aromatic N) is 2. The summed E-state index contributed by atoms with van der Waals surface area (Å²) in [6.45, 7) is -0.451. The zero-order valence-corrected chi connectivity index (χ0v) is 18.7. The maximum Gasteiger partial charge on any atom is 0.416 e. The molecule has 0 radical (unpaired) electrons. The molecule has 10 heteroatoms. The number of aromatic nitrogens is 2. The van der Waals surface area contributed by atoms with E-state index in [0.717, 1.165) is 17.2 Å². The Labute approximate surface area is 199 Å². The van der Waals surface area contributed by atoms with Crippen molar-refractivity contribution in [1.82, 2.24) is 20.6 Å². The largest absolute Gasteiger partial charge is 0.480 e. The van der Waals surface area contributed by atoms with Crippen LogP contribution in [-0.4, -0.2) is 46.6 Å². The molecule has 182 valence electrons. The summed E-state index contributed by atoms with van der Waals surface area (Å²) >= 11 is 0. The predicted octanol–water partition coefficient (Wildman–Crippen LogP) is 3.66. The van der Waals surface area contributed by atoms with Crippen LogP contribution < -0.4 is 10.6 Å². The predicted molar refractivity (Wildman–Crippen MR) is 125 cm³/mol. The van der Waals surface area contributed by atoms with E-state index in [0.29, 0.717) is 17.8 Å². The highest BCUT2D eigenvalue weighted by atomic mass is 19.4. The van der Waals surface area contributed by atoms with E-state index in [2.05, 4.69) is 20.6 Å². The summed E-state index contributed by atoms with van der Waals surface area (Å²) in [5.74, 6) is -1.09. The summed E-state index contributed by atoms with van der Waals surface area (Å²) in [4.78, 5) is 31.3. The summed E-state index contributed by atoms with van der Waals surface area (Å²) in [5, 5.41) is 13.9. The zero-order chi connectivity index (χ0) is 25.4. The van der Waals surface area contributed by atoms with Gasteiger partial charge in [0.05, 0.1) is 11.6 Å². The van der Waals surface area contributed by atoms with Gasteiger partial charge in [0, 0.05) is 23.5 Å². The Kier molecular flexibility index (Phi) is 8.32. The molecular weight excluding hydrogens is 461 g/mol. The van der Waals surface area contributed by atoms with E-state index in [1.807, 2.05) is 12.1 Å². The standard InChI is InChI=1S/C25H23F3N4O3/c1-29-21(24(35)32-15-22(33)34)12-16-6-10-19(11-7-16)23-30-13-17(14-31-23)8-9-18-4-2-3-5-20(18)25(26,27)28/h2-11,13-14,21,29H,12,15H2,1H3,(H,32,35)(H,33,34)/b9-8+. The van der Waals surface area contributed by atoms with E-state index in [4.69, 9.17) is 5.11 Å². The highest BCUT2D eigenvalue weighted by Gasteiger charge is 2.32. The maximum atomic E-state index is 13.1. The Balaban J connectivity index is 1.66. The van der Waals surface area contributed by atoms with Crippen LogP contribution in [0, 0.1) is 0 Å². The first-order valence-corrected chi connectivity index (χ1v) is 10.6. The van der Waals surface area contributed by atoms with Gasteiger partial charge in [-0.1, -0.05) is 54.6 Å². The minimum Gasteiger partial charge on any atom is -0.480 e. The molecule has 2 aromatic carbocycles. The number of hydrogen-bond acceptors (Lipinski definition) is 5. The highest BCUT2D eigenvalue weighted by molar-refractivity contribution is 5.85. The molecule has 1 heterocycles. The van der Waals surface area contributed by atoms with Crippen LogP contribution in [-0.2, 0) is 22.2 Å². The summed E-state index contributed by atoms with van der Waals surface area (Å²) in [7, 11) is 1.62. The normalized spacial score (nSPS) is 12.5. The fourth-order valence-electron chi connectivity index (χ4n) is 3.30. The molecule has 3 N–H and O–H groups in total. The van der Waals surface area contributed by atoms with Gasteiger partial charge in [0.25, 0.3) is 0 Å². The van der Waals surface area contributed by atoms with Gasteiger partial charge in [-0.15, -0.1) is 0 Å². The number of rotatable bonds is 9. The number of alkyl halides is 3. The number of benzene rings is 2. The van der Waals surface area contributed by atoms with Crippen LogP contribution in [0.5, 0.6) is 0 Å². The van der Waals surface area contributed by atoms with Crippen molar-refractivity contribution in [2.45, 2.75) is 18.6 Å². The minimum absolute atomic E-state index is 0.0520. The minimum atomic E-state index is -4.44. The van der Waals surface area contributed by atoms with Crippen molar-refractivity contribution in [2.75, 3.05) is 13.6 Å². The lowest BCUT2D eigenvalue weighted by atomic mass is 10.0. The van der Waals surface area contributed by atoms with Gasteiger partial charge >= 0.3 is 12.1 Å². The molecule has 3 rings (SSSR count). The molecule has 3 aromatic rings. The smallest absolute Gasteiger partial charge is 0.416 e. The Morgan fingerprint density at radius 1 is 1.03 bits per heavy atom. The van der Waals surface area contributed by atoms with Crippen molar-refractivity contribution in [3.63, 3.8) is 0 Å². The van der Waals surface area contributed by atoms with Gasteiger partial charge in [0.1, 0.15) is 6.54 Å². The molecule has 1 amide bonds. The average molecular weight is 484 g/mol. The van der Waals surface area contributed by atoms with Crippen molar-refractivity contribution < 1.29 is 27.9 Å². The first kappa shape index (κ1) is 25.6. The second kappa shape index (κ2) is 11.4. The Morgan fingerprint density at radius 2 is 1.69 bits per heavy atom. The number of carboxylic acid groups (broad SMARTS) is 1. The number of carboxylic acids is 1. The number of likely N-dealkylation sites (N-methyl/N-ethyl adjacent to an activating group) is 1. The number of halogens is 3. The Morgan fingerprint density at radius 3 is 2.29 bits per heavy atom. The van der Waals surface area contributed by atoms with Gasteiger partial charge in [-0.05, 0) is 30.7 Å². The van der Waals surface area contributed by atoms with E-state index in [-0.39, 0.29) is 5.56 Å². The molecule has 1 atom stereocenters. The number of aliphatic carboxylic acids is 1. The SMILES string of the molecule is CNC(Cc1ccc(-c2ncc(/C=C/c3ccccc3C(F)(F)F)cn2)cc1)C(=O)NCC(=O)O. The molecule has 0 aliphatic heterocycles. The van der Waals surface area contributed by atoms with Crippen LogP contribution in [0.25, 0.3) is 23.5 Å². The van der Waals surface area contributed by atoms with E-state index in [1.165, 1.54) is 36.7 Å². The van der Waals surface area contributed by atoms with E-state index in [1.54, 1.807) is 25.2 Å². The lowest BCUT2D eigenvalue weighted by Crippen LogP contribution is -2.45. The number of nitrogens with one attached hydrogen (secondary N) is 2. The van der Waals surface area contributed by atoms with Crippen molar-refractivity contribution >= 4 is 24.0 Å². The Bertz CT molecular complexity index is 1190. The van der Waals surface area contributed by atoms with Crippen molar-refractivity contribution in [3.8, 4) is 11.4 Å². The third-order valence-corrected chi connectivity index (χ3v) is 5.12. The summed E-state index contributed by atoms with van der Waals surface area (Å²) in [6.07, 6.45) is 1.85. The fraction of sp³-hybridized carbons (Fsp3) is 0.200. The van der Waals surface area contributed by atoms with Crippen molar-refractivity contribution in [2.24, 2.45) is 0 Å². The fourth-order valence-corrected chi connectivity index (χ4v) is 3.30. The molecule has 0 bridgehead atoms. The third kappa shape index (κ3) is 7.21. The maximum absolute atomic E-state index is 13.1. The van der Waals surface area contributed by atoms with Crippen LogP contribution in [0.3, 0.4) is 0 Å². The number of hydrogen-bond donors (Lipinski definition) is 3. The quantitative estimate of drug-likeness (QED) is 0.428. The second-order valence-electron chi connectivity index (χ2n) is 7.61. The molecule has 1 unspecified atom stereocenters. The molecular formula is C25H23F3N4O3. The molecule has 0 spiro atoms. The average Bonchev–Trinajstić information content (AvgIpc) is 2.85. The molecule has 0 aliphatic rings. The third-order valence-electron chi connectivity index (χ3n) is 5.12. The van der Waals surface area contributed by atoms with Crippen LogP contribution >= 0.6 is 0 Å². The molecule has 0 aliphatic carbocycles. The summed E-state index contributed by atoms with van der Waals surface area (Å²) in [5.41, 5.74) is 1.46. The van der Waals surface area contributed by atoms with Gasteiger partial charge in [0.2, 0.25) is 5.91 Å². The van der Waals surface area contributed by atoms with Gasteiger partial charge in [-0.3, -0.25) is 9.59 Å². The van der Waals surface area contributed by atoms with Crippen LogP contribution in [0.15, 0.2) is 60.9 Å². The van der Waals surface area contributed by atoms with Crippen molar-refractivity contribution in [1.29, 1.82) is 0 Å². The Hall–Kier alpha value is -4.05. The zero-order valence-electron chi connectivity index (χ0n) is 18.7. The number of carbonyl (C=O) groups is 2. The number of carbonyl (C=O) groups excluding carboxylic acids is 1. The molecule has 0 fully saturated rings. The van der Waals surface area contributed by atoms with Gasteiger partial charge < -0.3 is 15.7 Å². The lowest BCUT2D eigenvalue weighted by molar-refractivity contribution is -0.138. The van der Waals surface area contributed by atoms with Gasteiger partial charge in [-0.2, -0.15) is 13.2 Å². The van der Waals surface area contributed by atoms with Gasteiger partial charge in [-0.25, -0.2) is 9.97 Å². The van der Waals surface area contributed by atoms with E-state index >= 15 is 0 Å². The first-order chi connectivity index (χ1) is 16.7. The molecule has 35 heavy (non-hydrogen) atoms. The van der Waals surface area contributed by atoms with Crippen LogP contribution in [0.4, 0.5) is 13.2 Å². The molecule has 0 saturated heterocycles. The summed E-state index contributed by atoms with van der Waals surface area (Å²) < 4.78 is 39.4. The topological polar surface area (TPSA) is 104 Å². The second-order valence-corrected chi connectivity index (χ2v) is 7.61. The summed E-state index contributed by atoms with van der Waals surface area (Å²) in [6, 6.07) is 11.9. The first-order valence-electron chi connectivity index (χ1n) is 10.6.